The Morgan fingerprint density at radius 3 is 2.26 bits per heavy atom. The van der Waals surface area contributed by atoms with Gasteiger partial charge in [0, 0.05) is 11.1 Å². The van der Waals surface area contributed by atoms with Gasteiger partial charge in [-0.3, -0.25) is 9.69 Å². The van der Waals surface area contributed by atoms with Gasteiger partial charge in [-0.1, -0.05) is 6.08 Å². The van der Waals surface area contributed by atoms with Crippen molar-refractivity contribution in [2.75, 3.05) is 7.11 Å². The number of ether oxygens (including phenoxy) is 1. The number of carbonyl (C=O) groups is 1. The molecule has 0 amide bonds. The lowest BCUT2D eigenvalue weighted by atomic mass is 9.78. The molecule has 1 atom stereocenters. The van der Waals surface area contributed by atoms with E-state index in [1.54, 1.807) is 0 Å². The Bertz CT molecular complexity index is 318. The fraction of sp³-hybridized carbons (Fsp3) is 0.812. The molecule has 0 aromatic rings. The molecule has 1 aliphatic rings. The van der Waals surface area contributed by atoms with Gasteiger partial charge in [0.1, 0.15) is 6.04 Å². The van der Waals surface area contributed by atoms with E-state index in [-0.39, 0.29) is 23.1 Å². The van der Waals surface area contributed by atoms with E-state index in [1.165, 1.54) is 13.5 Å². The summed E-state index contributed by atoms with van der Waals surface area (Å²) in [4.78, 5) is 14.6. The Hall–Kier alpha value is -0.830. The van der Waals surface area contributed by atoms with Gasteiger partial charge in [0.2, 0.25) is 0 Å². The lowest BCUT2D eigenvalue weighted by Crippen LogP contribution is -2.64. The van der Waals surface area contributed by atoms with E-state index >= 15 is 0 Å². The van der Waals surface area contributed by atoms with Crippen molar-refractivity contribution in [2.24, 2.45) is 0 Å². The molecule has 110 valence electrons. The van der Waals surface area contributed by atoms with Crippen LogP contribution in [0.1, 0.15) is 59.8 Å². The predicted molar refractivity (Wildman–Crippen MR) is 79.1 cm³/mol. The van der Waals surface area contributed by atoms with Gasteiger partial charge in [0.25, 0.3) is 0 Å². The molecule has 1 fully saturated rings. The van der Waals surface area contributed by atoms with Gasteiger partial charge in [0.15, 0.2) is 0 Å². The molecular weight excluding hydrogens is 238 g/mol. The van der Waals surface area contributed by atoms with E-state index in [1.807, 2.05) is 6.08 Å². The van der Waals surface area contributed by atoms with Gasteiger partial charge >= 0.3 is 5.97 Å². The number of hydrogen-bond acceptors (Lipinski definition) is 3. The minimum atomic E-state index is -0.173. The number of likely N-dealkylation sites (tertiary alicyclic amines) is 1. The number of hydrogen-bond donors (Lipinski definition) is 0. The van der Waals surface area contributed by atoms with Crippen molar-refractivity contribution < 1.29 is 9.53 Å². The molecule has 0 radical (unpaired) electrons. The van der Waals surface area contributed by atoms with Crippen molar-refractivity contribution in [1.82, 2.24) is 4.90 Å². The highest BCUT2D eigenvalue weighted by atomic mass is 16.5. The van der Waals surface area contributed by atoms with Crippen LogP contribution in [0.25, 0.3) is 0 Å². The number of esters is 1. The minimum absolute atomic E-state index is 0.0295. The SMILES string of the molecule is C=CCCC(C(=O)OC)N1C(C)(C)CCCC1(C)C. The summed E-state index contributed by atoms with van der Waals surface area (Å²) in [6.07, 6.45) is 6.95. The number of methoxy groups -OCH3 is 1. The van der Waals surface area contributed by atoms with Crippen LogP contribution in [0.2, 0.25) is 0 Å². The molecule has 19 heavy (non-hydrogen) atoms. The van der Waals surface area contributed by atoms with E-state index in [4.69, 9.17) is 4.74 Å². The zero-order chi connectivity index (χ0) is 14.7. The standard InChI is InChI=1S/C16H29NO2/c1-7-8-10-13(14(18)19-6)17-15(2,3)11-9-12-16(17,4)5/h7,13H,1,8-12H2,2-6H3. The first-order valence-corrected chi connectivity index (χ1v) is 7.24. The second-order valence-electron chi connectivity index (χ2n) is 6.75. The van der Waals surface area contributed by atoms with Gasteiger partial charge in [-0.25, -0.2) is 0 Å². The topological polar surface area (TPSA) is 29.5 Å². The van der Waals surface area contributed by atoms with Crippen molar-refractivity contribution in [3.05, 3.63) is 12.7 Å². The first kappa shape index (κ1) is 16.2. The molecule has 0 bridgehead atoms. The molecule has 1 rings (SSSR count). The van der Waals surface area contributed by atoms with Crippen LogP contribution in [0.5, 0.6) is 0 Å². The Kier molecular flexibility index (Phi) is 5.19. The first-order valence-electron chi connectivity index (χ1n) is 7.24. The van der Waals surface area contributed by atoms with Crippen molar-refractivity contribution in [1.29, 1.82) is 0 Å². The summed E-state index contributed by atoms with van der Waals surface area (Å²) < 4.78 is 5.03. The molecule has 1 unspecified atom stereocenters. The van der Waals surface area contributed by atoms with E-state index in [0.29, 0.717) is 0 Å². The molecule has 3 nitrogen and oxygen atoms in total. The first-order chi connectivity index (χ1) is 8.76. The third kappa shape index (κ3) is 3.59. The highest BCUT2D eigenvalue weighted by Crippen LogP contribution is 2.40. The average Bonchev–Trinajstić information content (AvgIpc) is 2.30. The second kappa shape index (κ2) is 6.08. The molecule has 0 N–H and O–H groups in total. The maximum atomic E-state index is 12.2. The summed E-state index contributed by atoms with van der Waals surface area (Å²) in [5, 5.41) is 0. The summed E-state index contributed by atoms with van der Waals surface area (Å²) in [6, 6.07) is -0.173. The molecule has 0 aromatic carbocycles. The van der Waals surface area contributed by atoms with Crippen LogP contribution in [0.3, 0.4) is 0 Å². The quantitative estimate of drug-likeness (QED) is 0.563. The number of piperidine rings is 1. The zero-order valence-corrected chi connectivity index (χ0v) is 13.2. The maximum absolute atomic E-state index is 12.2. The highest BCUT2D eigenvalue weighted by Gasteiger charge is 2.47. The summed E-state index contributed by atoms with van der Waals surface area (Å²) in [5.74, 6) is -0.120. The molecule has 0 spiro atoms. The summed E-state index contributed by atoms with van der Waals surface area (Å²) in [7, 11) is 1.48. The lowest BCUT2D eigenvalue weighted by molar-refractivity contribution is -0.158. The summed E-state index contributed by atoms with van der Waals surface area (Å²) in [6.45, 7) is 12.7. The minimum Gasteiger partial charge on any atom is -0.468 e. The molecule has 1 aliphatic heterocycles. The van der Waals surface area contributed by atoms with Crippen LogP contribution in [0, 0.1) is 0 Å². The highest BCUT2D eigenvalue weighted by molar-refractivity contribution is 5.76. The van der Waals surface area contributed by atoms with Gasteiger partial charge in [-0.05, 0) is 59.8 Å². The molecule has 1 saturated heterocycles. The van der Waals surface area contributed by atoms with Gasteiger partial charge in [-0.15, -0.1) is 6.58 Å². The normalized spacial score (nSPS) is 23.6. The Morgan fingerprint density at radius 1 is 1.32 bits per heavy atom. The van der Waals surface area contributed by atoms with E-state index in [9.17, 15) is 4.79 Å². The fourth-order valence-corrected chi connectivity index (χ4v) is 3.62. The van der Waals surface area contributed by atoms with Crippen LogP contribution in [0.4, 0.5) is 0 Å². The molecule has 3 heteroatoms. The van der Waals surface area contributed by atoms with Crippen molar-refractivity contribution in [2.45, 2.75) is 76.9 Å². The molecule has 0 saturated carbocycles. The maximum Gasteiger partial charge on any atom is 0.323 e. The largest absolute Gasteiger partial charge is 0.468 e. The van der Waals surface area contributed by atoms with Crippen LogP contribution < -0.4 is 0 Å². The average molecular weight is 267 g/mol. The number of nitrogens with zero attached hydrogens (tertiary/aromatic N) is 1. The van der Waals surface area contributed by atoms with E-state index in [0.717, 1.165) is 25.7 Å². The van der Waals surface area contributed by atoms with E-state index < -0.39 is 0 Å². The van der Waals surface area contributed by atoms with Crippen molar-refractivity contribution in [3.63, 3.8) is 0 Å². The van der Waals surface area contributed by atoms with E-state index in [2.05, 4.69) is 39.2 Å². The Morgan fingerprint density at radius 2 is 1.84 bits per heavy atom. The van der Waals surface area contributed by atoms with Crippen molar-refractivity contribution >= 4 is 5.97 Å². The van der Waals surface area contributed by atoms with Crippen LogP contribution >= 0.6 is 0 Å². The monoisotopic (exact) mass is 267 g/mol. The number of allylic oxidation sites excluding steroid dienone is 1. The third-order valence-corrected chi connectivity index (χ3v) is 4.31. The second-order valence-corrected chi connectivity index (χ2v) is 6.75. The molecule has 1 heterocycles. The predicted octanol–water partition coefficient (Wildman–Crippen LogP) is 3.54. The van der Waals surface area contributed by atoms with Crippen LogP contribution in [-0.4, -0.2) is 35.1 Å². The van der Waals surface area contributed by atoms with Crippen LogP contribution in [-0.2, 0) is 9.53 Å². The lowest BCUT2D eigenvalue weighted by Gasteiger charge is -2.55. The van der Waals surface area contributed by atoms with Gasteiger partial charge in [-0.2, -0.15) is 0 Å². The summed E-state index contributed by atoms with van der Waals surface area (Å²) in [5.41, 5.74) is 0.0591. The zero-order valence-electron chi connectivity index (χ0n) is 13.2. The number of carbonyl (C=O) groups excluding carboxylic acids is 1. The Balaban J connectivity index is 3.07. The Labute approximate surface area is 118 Å². The molecular formula is C16H29NO2. The van der Waals surface area contributed by atoms with Gasteiger partial charge < -0.3 is 4.74 Å². The van der Waals surface area contributed by atoms with Gasteiger partial charge in [0.05, 0.1) is 7.11 Å². The molecule has 0 aliphatic carbocycles. The fourth-order valence-electron chi connectivity index (χ4n) is 3.62. The third-order valence-electron chi connectivity index (χ3n) is 4.31. The summed E-state index contributed by atoms with van der Waals surface area (Å²) >= 11 is 0. The van der Waals surface area contributed by atoms with Crippen LogP contribution in [0.15, 0.2) is 12.7 Å². The molecule has 0 aromatic heterocycles. The van der Waals surface area contributed by atoms with Crippen molar-refractivity contribution in [3.8, 4) is 0 Å². The smallest absolute Gasteiger partial charge is 0.323 e. The number of rotatable bonds is 5.